The van der Waals surface area contributed by atoms with Crippen molar-refractivity contribution in [2.75, 3.05) is 20.2 Å². The second-order valence-corrected chi connectivity index (χ2v) is 8.32. The number of sulfonamides is 1. The minimum atomic E-state index is -3.62. The monoisotopic (exact) mass is 399 g/mol. The van der Waals surface area contributed by atoms with Crippen molar-refractivity contribution in [3.63, 3.8) is 0 Å². The highest BCUT2D eigenvalue weighted by Crippen LogP contribution is 2.30. The van der Waals surface area contributed by atoms with Gasteiger partial charge in [-0.1, -0.05) is 11.6 Å². The molecule has 0 atom stereocenters. The largest absolute Gasteiger partial charge is 0.495 e. The lowest BCUT2D eigenvalue weighted by atomic mass is 10.1. The van der Waals surface area contributed by atoms with Crippen LogP contribution in [0.25, 0.3) is 0 Å². The predicted molar refractivity (Wildman–Crippen MR) is 96.8 cm³/mol. The maximum absolute atomic E-state index is 12.9. The summed E-state index contributed by atoms with van der Waals surface area (Å²) in [6.07, 6.45) is 1.01. The van der Waals surface area contributed by atoms with Crippen LogP contribution in [0.1, 0.15) is 12.8 Å². The summed E-state index contributed by atoms with van der Waals surface area (Å²) in [5.41, 5.74) is 0. The van der Waals surface area contributed by atoms with Crippen LogP contribution in [0.5, 0.6) is 11.5 Å². The molecule has 5 nitrogen and oxygen atoms in total. The fraction of sp³-hybridized carbons (Fsp3) is 0.333. The van der Waals surface area contributed by atoms with Gasteiger partial charge in [-0.15, -0.1) is 0 Å². The van der Waals surface area contributed by atoms with Crippen molar-refractivity contribution in [1.29, 1.82) is 0 Å². The van der Waals surface area contributed by atoms with E-state index in [1.54, 1.807) is 18.2 Å². The summed E-state index contributed by atoms with van der Waals surface area (Å²) in [5.74, 6) is 0.683. The molecule has 0 unspecified atom stereocenters. The smallest absolute Gasteiger partial charge is 0.243 e. The molecule has 0 aromatic heterocycles. The fourth-order valence-corrected chi connectivity index (χ4v) is 4.67. The summed E-state index contributed by atoms with van der Waals surface area (Å²) in [6.45, 7) is 0.690. The first-order valence-corrected chi connectivity index (χ1v) is 9.98. The zero-order valence-electron chi connectivity index (χ0n) is 14.2. The molecule has 26 heavy (non-hydrogen) atoms. The van der Waals surface area contributed by atoms with Gasteiger partial charge >= 0.3 is 0 Å². The molecule has 8 heteroatoms. The van der Waals surface area contributed by atoms with Crippen LogP contribution < -0.4 is 9.47 Å². The van der Waals surface area contributed by atoms with Gasteiger partial charge in [0.15, 0.2) is 0 Å². The van der Waals surface area contributed by atoms with Crippen LogP contribution in [0.15, 0.2) is 47.4 Å². The zero-order valence-corrected chi connectivity index (χ0v) is 15.8. The first kappa shape index (κ1) is 18.9. The van der Waals surface area contributed by atoms with E-state index in [9.17, 15) is 12.8 Å². The summed E-state index contributed by atoms with van der Waals surface area (Å²) in [5, 5.41) is 0.253. The number of hydrogen-bond donors (Lipinski definition) is 0. The summed E-state index contributed by atoms with van der Waals surface area (Å²) >= 11 is 6.04. The van der Waals surface area contributed by atoms with E-state index < -0.39 is 10.0 Å². The lowest BCUT2D eigenvalue weighted by molar-refractivity contribution is 0.135. The number of nitrogens with zero attached hydrogens (tertiary/aromatic N) is 1. The maximum Gasteiger partial charge on any atom is 0.243 e. The Morgan fingerprint density at radius 2 is 1.77 bits per heavy atom. The lowest BCUT2D eigenvalue weighted by Crippen LogP contribution is -2.41. The number of benzene rings is 2. The lowest BCUT2D eigenvalue weighted by Gasteiger charge is -2.31. The number of methoxy groups -OCH3 is 1. The minimum absolute atomic E-state index is 0.105. The molecule has 0 saturated carbocycles. The van der Waals surface area contributed by atoms with Crippen LogP contribution in [-0.2, 0) is 10.0 Å². The molecule has 1 aliphatic rings. The summed E-state index contributed by atoms with van der Waals surface area (Å²) in [7, 11) is -2.15. The van der Waals surface area contributed by atoms with Crippen molar-refractivity contribution in [3.05, 3.63) is 53.3 Å². The molecular weight excluding hydrogens is 381 g/mol. The Kier molecular flexibility index (Phi) is 5.70. The van der Waals surface area contributed by atoms with E-state index in [1.807, 2.05) is 0 Å². The highest BCUT2D eigenvalue weighted by molar-refractivity contribution is 7.89. The standard InChI is InChI=1S/C18H19ClFNO4S/c1-24-18-7-6-16(12-17(18)19)26(22,23)21-10-8-15(9-11-21)25-14-4-2-13(20)3-5-14/h2-7,12,15H,8-11H2,1H3. The minimum Gasteiger partial charge on any atom is -0.495 e. The second-order valence-electron chi connectivity index (χ2n) is 5.97. The van der Waals surface area contributed by atoms with E-state index in [2.05, 4.69) is 0 Å². The second kappa shape index (κ2) is 7.82. The van der Waals surface area contributed by atoms with Gasteiger partial charge in [0.1, 0.15) is 23.4 Å². The molecule has 2 aromatic carbocycles. The normalized spacial score (nSPS) is 16.4. The third-order valence-corrected chi connectivity index (χ3v) is 6.47. The van der Waals surface area contributed by atoms with Gasteiger partial charge in [-0.05, 0) is 55.3 Å². The Morgan fingerprint density at radius 3 is 2.35 bits per heavy atom. The first-order chi connectivity index (χ1) is 12.4. The van der Waals surface area contributed by atoms with Gasteiger partial charge in [-0.2, -0.15) is 4.31 Å². The van der Waals surface area contributed by atoms with E-state index in [1.165, 1.54) is 35.7 Å². The predicted octanol–water partition coefficient (Wildman–Crippen LogP) is 3.72. The van der Waals surface area contributed by atoms with Gasteiger partial charge in [-0.25, -0.2) is 12.8 Å². The van der Waals surface area contributed by atoms with Gasteiger partial charge in [0.2, 0.25) is 10.0 Å². The van der Waals surface area contributed by atoms with Crippen molar-refractivity contribution in [3.8, 4) is 11.5 Å². The Labute approximate surface area is 157 Å². The average molecular weight is 400 g/mol. The van der Waals surface area contributed by atoms with Crippen LogP contribution in [0, 0.1) is 5.82 Å². The van der Waals surface area contributed by atoms with Crippen LogP contribution in [-0.4, -0.2) is 39.0 Å². The molecule has 140 valence electrons. The Balaban J connectivity index is 1.65. The topological polar surface area (TPSA) is 55.8 Å². The van der Waals surface area contributed by atoms with E-state index in [-0.39, 0.29) is 21.8 Å². The maximum atomic E-state index is 12.9. The molecule has 0 spiro atoms. The van der Waals surface area contributed by atoms with Crippen molar-refractivity contribution in [2.24, 2.45) is 0 Å². The van der Waals surface area contributed by atoms with Crippen LogP contribution in [0.2, 0.25) is 5.02 Å². The highest BCUT2D eigenvalue weighted by Gasteiger charge is 2.30. The molecular formula is C18H19ClFNO4S. The third kappa shape index (κ3) is 4.11. The van der Waals surface area contributed by atoms with Crippen molar-refractivity contribution < 1.29 is 22.3 Å². The summed E-state index contributed by atoms with van der Waals surface area (Å²) < 4.78 is 50.8. The quantitative estimate of drug-likeness (QED) is 0.768. The summed E-state index contributed by atoms with van der Waals surface area (Å²) in [4.78, 5) is 0.140. The molecule has 0 radical (unpaired) electrons. The van der Waals surface area contributed by atoms with Gasteiger partial charge in [0.25, 0.3) is 0 Å². The Bertz CT molecular complexity index is 865. The average Bonchev–Trinajstić information content (AvgIpc) is 2.64. The number of ether oxygens (including phenoxy) is 2. The number of rotatable bonds is 5. The molecule has 1 aliphatic heterocycles. The summed E-state index contributed by atoms with van der Waals surface area (Å²) in [6, 6.07) is 10.2. The molecule has 0 amide bonds. The van der Waals surface area contributed by atoms with Crippen LogP contribution in [0.4, 0.5) is 4.39 Å². The molecule has 0 aliphatic carbocycles. The zero-order chi connectivity index (χ0) is 18.7. The Hall–Kier alpha value is -1.83. The molecule has 0 N–H and O–H groups in total. The number of hydrogen-bond acceptors (Lipinski definition) is 4. The van der Waals surface area contributed by atoms with Crippen LogP contribution >= 0.6 is 11.6 Å². The molecule has 0 bridgehead atoms. The van der Waals surface area contributed by atoms with E-state index in [0.29, 0.717) is 37.4 Å². The van der Waals surface area contributed by atoms with Crippen molar-refractivity contribution in [1.82, 2.24) is 4.31 Å². The van der Waals surface area contributed by atoms with Gasteiger partial charge < -0.3 is 9.47 Å². The fourth-order valence-electron chi connectivity index (χ4n) is 2.85. The van der Waals surface area contributed by atoms with Gasteiger partial charge in [0.05, 0.1) is 17.0 Å². The Morgan fingerprint density at radius 1 is 1.12 bits per heavy atom. The third-order valence-electron chi connectivity index (χ3n) is 4.28. The highest BCUT2D eigenvalue weighted by atomic mass is 35.5. The SMILES string of the molecule is COc1ccc(S(=O)(=O)N2CCC(Oc3ccc(F)cc3)CC2)cc1Cl. The molecule has 2 aromatic rings. The van der Waals surface area contributed by atoms with E-state index in [0.717, 1.165) is 0 Å². The van der Waals surface area contributed by atoms with E-state index >= 15 is 0 Å². The van der Waals surface area contributed by atoms with Gasteiger partial charge in [0, 0.05) is 13.1 Å². The van der Waals surface area contributed by atoms with Gasteiger partial charge in [-0.3, -0.25) is 0 Å². The van der Waals surface area contributed by atoms with Crippen molar-refractivity contribution >= 4 is 21.6 Å². The number of piperidine rings is 1. The molecule has 1 fully saturated rings. The van der Waals surface area contributed by atoms with E-state index in [4.69, 9.17) is 21.1 Å². The first-order valence-electron chi connectivity index (χ1n) is 8.16. The number of halogens is 2. The molecule has 1 saturated heterocycles. The van der Waals surface area contributed by atoms with Crippen LogP contribution in [0.3, 0.4) is 0 Å². The molecule has 3 rings (SSSR count). The van der Waals surface area contributed by atoms with Crippen molar-refractivity contribution in [2.45, 2.75) is 23.8 Å². The molecule has 1 heterocycles.